The van der Waals surface area contributed by atoms with E-state index in [1.54, 1.807) is 24.3 Å². The Morgan fingerprint density at radius 3 is 2.80 bits per heavy atom. The summed E-state index contributed by atoms with van der Waals surface area (Å²) < 4.78 is 33.1. The lowest BCUT2D eigenvalue weighted by Crippen LogP contribution is -2.51. The number of hydrogen-bond donors (Lipinski definition) is 4. The number of nitrogens with zero attached hydrogens (tertiary/aromatic N) is 2. The fourth-order valence-electron chi connectivity index (χ4n) is 3.73. The highest BCUT2D eigenvalue weighted by molar-refractivity contribution is 7.88. The highest BCUT2D eigenvalue weighted by Gasteiger charge is 2.31. The van der Waals surface area contributed by atoms with Crippen LogP contribution in [-0.2, 0) is 30.2 Å². The molecule has 0 saturated carbocycles. The quantitative estimate of drug-likeness (QED) is 0.115. The average molecular weight is 511 g/mol. The van der Waals surface area contributed by atoms with E-state index in [1.807, 2.05) is 0 Å². The first-order chi connectivity index (χ1) is 16.6. The van der Waals surface area contributed by atoms with Crippen LogP contribution >= 0.6 is 0 Å². The van der Waals surface area contributed by atoms with E-state index in [-0.39, 0.29) is 18.3 Å². The Balaban J connectivity index is 1.95. The number of likely N-dealkylation sites (tertiary alicyclic amines) is 1. The van der Waals surface area contributed by atoms with Gasteiger partial charge in [-0.1, -0.05) is 12.1 Å². The van der Waals surface area contributed by atoms with Crippen LogP contribution in [0.25, 0.3) is 0 Å². The van der Waals surface area contributed by atoms with Gasteiger partial charge in [-0.2, -0.15) is 0 Å². The fourth-order valence-corrected chi connectivity index (χ4v) is 5.08. The molecule has 0 radical (unpaired) electrons. The third-order valence-corrected chi connectivity index (χ3v) is 6.76. The molecule has 1 aliphatic rings. The molecule has 2 rings (SSSR count). The Morgan fingerprint density at radius 2 is 2.11 bits per heavy atom. The number of benzene rings is 1. The number of methoxy groups -OCH3 is 1. The van der Waals surface area contributed by atoms with Crippen LogP contribution in [0, 0.1) is 0 Å². The molecule has 2 amide bonds. The number of hydrogen-bond acceptors (Lipinski definition) is 7. The number of aldehydes is 1. The van der Waals surface area contributed by atoms with E-state index >= 15 is 0 Å². The second-order valence-corrected chi connectivity index (χ2v) is 10.0. The minimum absolute atomic E-state index is 0.0509. The molecule has 13 heteroatoms. The minimum Gasteiger partial charge on any atom is -0.497 e. The molecule has 1 aromatic rings. The van der Waals surface area contributed by atoms with Gasteiger partial charge in [0.05, 0.1) is 25.4 Å². The molecule has 1 fully saturated rings. The normalized spacial score (nSPS) is 17.2. The zero-order chi connectivity index (χ0) is 25.8. The maximum Gasteiger partial charge on any atom is 0.241 e. The SMILES string of the molecule is COc1cccc(CS(=O)(=O)NC2CCCCN(CC(=O)NC(C=O)CCCN=C(N)N)C2=O)c1. The molecule has 1 saturated heterocycles. The lowest BCUT2D eigenvalue weighted by molar-refractivity contribution is -0.137. The summed E-state index contributed by atoms with van der Waals surface area (Å²) in [7, 11) is -2.34. The van der Waals surface area contributed by atoms with Gasteiger partial charge in [0.1, 0.15) is 18.1 Å². The molecule has 0 bridgehead atoms. The van der Waals surface area contributed by atoms with Gasteiger partial charge in [0, 0.05) is 13.1 Å². The van der Waals surface area contributed by atoms with Gasteiger partial charge in [0.15, 0.2) is 5.96 Å². The molecule has 35 heavy (non-hydrogen) atoms. The van der Waals surface area contributed by atoms with E-state index in [2.05, 4.69) is 15.0 Å². The smallest absolute Gasteiger partial charge is 0.241 e. The molecule has 2 atom stereocenters. The fraction of sp³-hybridized carbons (Fsp3) is 0.545. The molecule has 0 aliphatic carbocycles. The summed E-state index contributed by atoms with van der Waals surface area (Å²) in [6.07, 6.45) is 3.03. The Bertz CT molecular complexity index is 1010. The van der Waals surface area contributed by atoms with Crippen molar-refractivity contribution in [3.05, 3.63) is 29.8 Å². The Kier molecular flexibility index (Phi) is 10.9. The number of ether oxygens (including phenoxy) is 1. The molecule has 194 valence electrons. The summed E-state index contributed by atoms with van der Waals surface area (Å²) in [5.74, 6) is -0.801. The monoisotopic (exact) mass is 510 g/mol. The van der Waals surface area contributed by atoms with Gasteiger partial charge in [-0.25, -0.2) is 13.1 Å². The van der Waals surface area contributed by atoms with Crippen LogP contribution in [0.2, 0.25) is 0 Å². The van der Waals surface area contributed by atoms with Crippen LogP contribution in [0.1, 0.15) is 37.7 Å². The van der Waals surface area contributed by atoms with Gasteiger partial charge in [-0.05, 0) is 49.8 Å². The molecule has 0 aromatic heterocycles. The van der Waals surface area contributed by atoms with Gasteiger partial charge in [0.2, 0.25) is 21.8 Å². The predicted octanol–water partition coefficient (Wildman–Crippen LogP) is -0.767. The molecule has 1 heterocycles. The summed E-state index contributed by atoms with van der Waals surface area (Å²) in [5, 5.41) is 2.59. The van der Waals surface area contributed by atoms with Crippen LogP contribution in [-0.4, -0.2) is 76.2 Å². The van der Waals surface area contributed by atoms with Crippen LogP contribution in [0.4, 0.5) is 0 Å². The number of nitrogens with one attached hydrogen (secondary N) is 2. The van der Waals surface area contributed by atoms with Crippen molar-refractivity contribution in [2.45, 2.75) is 49.9 Å². The summed E-state index contributed by atoms with van der Waals surface area (Å²) in [4.78, 5) is 42.0. The average Bonchev–Trinajstić information content (AvgIpc) is 2.96. The zero-order valence-corrected chi connectivity index (χ0v) is 20.6. The Labute approximate surface area is 205 Å². The first-order valence-electron chi connectivity index (χ1n) is 11.4. The van der Waals surface area contributed by atoms with Crippen LogP contribution in [0.3, 0.4) is 0 Å². The van der Waals surface area contributed by atoms with Crippen molar-refractivity contribution in [2.24, 2.45) is 16.5 Å². The van der Waals surface area contributed by atoms with Gasteiger partial charge in [0.25, 0.3) is 0 Å². The van der Waals surface area contributed by atoms with E-state index in [9.17, 15) is 22.8 Å². The number of aliphatic imine (C=N–C) groups is 1. The summed E-state index contributed by atoms with van der Waals surface area (Å²) in [6.45, 7) is 0.368. The van der Waals surface area contributed by atoms with Gasteiger partial charge >= 0.3 is 0 Å². The molecule has 1 aliphatic heterocycles. The topological polar surface area (TPSA) is 186 Å². The highest BCUT2D eigenvalue weighted by atomic mass is 32.2. The van der Waals surface area contributed by atoms with Crippen molar-refractivity contribution < 1.29 is 27.5 Å². The number of sulfonamides is 1. The molecule has 2 unspecified atom stereocenters. The standard InChI is InChI=1S/C22H34N6O6S/c1-34-18-8-4-6-16(12-18)15-35(32,33)27-19-9-2-3-11-28(21(19)31)13-20(30)26-17(14-29)7-5-10-25-22(23)24/h4,6,8,12,14,17,19,27H,2-3,5,7,9-11,13,15H2,1H3,(H,26,30)(H4,23,24,25). The second kappa shape index (κ2) is 13.6. The van der Waals surface area contributed by atoms with Crippen molar-refractivity contribution >= 4 is 34.1 Å². The van der Waals surface area contributed by atoms with Crippen molar-refractivity contribution in [1.82, 2.24) is 14.9 Å². The number of guanidine groups is 1. The molecular weight excluding hydrogens is 476 g/mol. The number of carbonyl (C=O) groups is 3. The largest absolute Gasteiger partial charge is 0.497 e. The lowest BCUT2D eigenvalue weighted by atomic mass is 10.1. The van der Waals surface area contributed by atoms with Gasteiger partial charge in [-0.3, -0.25) is 14.6 Å². The molecular formula is C22H34N6O6S. The number of nitrogens with two attached hydrogens (primary N) is 2. The van der Waals surface area contributed by atoms with E-state index in [0.717, 1.165) is 0 Å². The summed E-state index contributed by atoms with van der Waals surface area (Å²) in [6, 6.07) is 4.97. The minimum atomic E-state index is -3.83. The number of rotatable bonds is 13. The highest BCUT2D eigenvalue weighted by Crippen LogP contribution is 2.17. The van der Waals surface area contributed by atoms with Gasteiger partial charge in [-0.15, -0.1) is 0 Å². The molecule has 1 aromatic carbocycles. The summed E-state index contributed by atoms with van der Waals surface area (Å²) >= 11 is 0. The Hall–Kier alpha value is -3.19. The predicted molar refractivity (Wildman–Crippen MR) is 131 cm³/mol. The Morgan fingerprint density at radius 1 is 1.34 bits per heavy atom. The zero-order valence-electron chi connectivity index (χ0n) is 19.8. The lowest BCUT2D eigenvalue weighted by Gasteiger charge is -2.25. The number of amides is 2. The maximum absolute atomic E-state index is 13.0. The third-order valence-electron chi connectivity index (χ3n) is 5.41. The van der Waals surface area contributed by atoms with Crippen molar-refractivity contribution in [1.29, 1.82) is 0 Å². The van der Waals surface area contributed by atoms with E-state index in [4.69, 9.17) is 16.2 Å². The van der Waals surface area contributed by atoms with E-state index in [1.165, 1.54) is 12.0 Å². The van der Waals surface area contributed by atoms with Crippen molar-refractivity contribution in [3.63, 3.8) is 0 Å². The van der Waals surface area contributed by atoms with Crippen LogP contribution < -0.4 is 26.2 Å². The number of carbonyl (C=O) groups excluding carboxylic acids is 3. The second-order valence-electron chi connectivity index (χ2n) is 8.30. The first-order valence-corrected chi connectivity index (χ1v) is 13.0. The van der Waals surface area contributed by atoms with E-state index < -0.39 is 33.9 Å². The summed E-state index contributed by atoms with van der Waals surface area (Å²) in [5.41, 5.74) is 11.0. The van der Waals surface area contributed by atoms with Crippen molar-refractivity contribution in [3.8, 4) is 5.75 Å². The van der Waals surface area contributed by atoms with Crippen LogP contribution in [0.15, 0.2) is 29.3 Å². The molecule has 6 N–H and O–H groups in total. The molecule has 0 spiro atoms. The van der Waals surface area contributed by atoms with Crippen molar-refractivity contribution in [2.75, 3.05) is 26.7 Å². The third kappa shape index (κ3) is 9.91. The van der Waals surface area contributed by atoms with Crippen LogP contribution in [0.5, 0.6) is 5.75 Å². The maximum atomic E-state index is 13.0. The van der Waals surface area contributed by atoms with E-state index in [0.29, 0.717) is 62.8 Å². The molecule has 12 nitrogen and oxygen atoms in total. The van der Waals surface area contributed by atoms with Gasteiger partial charge < -0.3 is 31.2 Å². The first kappa shape index (κ1) is 28.1.